The van der Waals surface area contributed by atoms with Gasteiger partial charge in [-0.15, -0.1) is 0 Å². The van der Waals surface area contributed by atoms with E-state index in [1.54, 1.807) is 11.0 Å². The van der Waals surface area contributed by atoms with Gasteiger partial charge in [-0.05, 0) is 54.5 Å². The average Bonchev–Trinajstić information content (AvgIpc) is 3.71. The number of carbonyl (C=O) groups excluding carboxylic acids is 1. The fourth-order valence-electron chi connectivity index (χ4n) is 6.14. The van der Waals surface area contributed by atoms with Crippen LogP contribution in [0.15, 0.2) is 18.2 Å². The van der Waals surface area contributed by atoms with E-state index in [4.69, 9.17) is 30.5 Å². The molecule has 5 atom stereocenters. The smallest absolute Gasteiger partial charge is 0.296 e. The van der Waals surface area contributed by atoms with Crippen LogP contribution in [0.3, 0.4) is 0 Å². The molecule has 1 aliphatic carbocycles. The molecule has 4 aliphatic rings. The van der Waals surface area contributed by atoms with Crippen LogP contribution in [0.4, 0.5) is 4.39 Å². The van der Waals surface area contributed by atoms with E-state index in [2.05, 4.69) is 15.0 Å². The summed E-state index contributed by atoms with van der Waals surface area (Å²) < 4.78 is 37.9. The van der Waals surface area contributed by atoms with Gasteiger partial charge in [0.25, 0.3) is 11.9 Å². The average molecular weight is 559 g/mol. The van der Waals surface area contributed by atoms with Crippen molar-refractivity contribution in [3.63, 3.8) is 0 Å². The largest absolute Gasteiger partial charge is 0.456 e. The summed E-state index contributed by atoms with van der Waals surface area (Å²) in [4.78, 5) is 26.8. The molecule has 7 rings (SSSR count). The number of fused-ring (bicyclic) bond motifs is 3. The Bertz CT molecular complexity index is 1430. The zero-order valence-electron chi connectivity index (χ0n) is 21.1. The minimum atomic E-state index is -0.662. The normalized spacial score (nSPS) is 28.2. The molecule has 3 aromatic rings. The van der Waals surface area contributed by atoms with Gasteiger partial charge in [-0.3, -0.25) is 4.79 Å². The summed E-state index contributed by atoms with van der Waals surface area (Å²) in [5.74, 6) is -0.635. The number of carbonyl (C=O) groups is 1. The van der Waals surface area contributed by atoms with Crippen LogP contribution >= 0.6 is 11.6 Å². The Hall–Kier alpha value is -2.83. The van der Waals surface area contributed by atoms with Crippen LogP contribution < -0.4 is 4.74 Å². The molecule has 0 radical (unpaired) electrons. The van der Waals surface area contributed by atoms with Crippen molar-refractivity contribution in [3.05, 3.63) is 51.4 Å². The van der Waals surface area contributed by atoms with E-state index in [0.29, 0.717) is 72.2 Å². The fraction of sp³-hybridized carbons (Fsp3) is 0.519. The third kappa shape index (κ3) is 4.55. The number of hydrogen-bond acceptors (Lipinski definition) is 8. The standard InChI is InChI=1S/C27H28ClFN4O6/c28-16-10-19-25(32-27(31-19)39-21-12-38-23-20(34)11-37-24(21)23)30-18(16)9-14-2-1-13-7-15(8-17(29)22(13)14)26(35)33-3-5-36-6-4-33/h7-8,10,14,20-21,23-24,34H,1-6,9,11-12H2,(H,30,31,32)/t14?,20-,21-,23-,24-/m1/s1. The van der Waals surface area contributed by atoms with Crippen molar-refractivity contribution in [2.45, 2.75) is 49.6 Å². The van der Waals surface area contributed by atoms with Crippen LogP contribution in [0.5, 0.6) is 6.01 Å². The molecule has 12 heteroatoms. The molecule has 1 amide bonds. The quantitative estimate of drug-likeness (QED) is 0.490. The number of halogens is 2. The molecule has 0 bridgehead atoms. The lowest BCUT2D eigenvalue weighted by Gasteiger charge is -2.27. The number of aromatic nitrogens is 3. The number of nitrogens with zero attached hydrogens (tertiary/aromatic N) is 3. The molecule has 3 saturated heterocycles. The predicted octanol–water partition coefficient (Wildman–Crippen LogP) is 2.40. The molecule has 2 aromatic heterocycles. The molecule has 1 aromatic carbocycles. The molecule has 0 spiro atoms. The molecule has 3 aliphatic heterocycles. The van der Waals surface area contributed by atoms with Crippen molar-refractivity contribution in [1.82, 2.24) is 19.9 Å². The summed E-state index contributed by atoms with van der Waals surface area (Å²) in [6.07, 6.45) is 0.0472. The Morgan fingerprint density at radius 2 is 2.00 bits per heavy atom. The van der Waals surface area contributed by atoms with Gasteiger partial charge >= 0.3 is 0 Å². The number of hydrogen-bond donors (Lipinski definition) is 2. The monoisotopic (exact) mass is 558 g/mol. The van der Waals surface area contributed by atoms with Gasteiger partial charge < -0.3 is 33.9 Å². The number of morpholine rings is 1. The Balaban J connectivity index is 1.09. The Morgan fingerprint density at radius 1 is 1.18 bits per heavy atom. The molecule has 5 heterocycles. The van der Waals surface area contributed by atoms with Crippen LogP contribution in [-0.4, -0.2) is 94.8 Å². The lowest BCUT2D eigenvalue weighted by atomic mass is 9.94. The molecule has 2 N–H and O–H groups in total. The third-order valence-corrected chi connectivity index (χ3v) is 8.42. The van der Waals surface area contributed by atoms with Crippen LogP contribution in [0.25, 0.3) is 11.2 Å². The number of amides is 1. The Labute approximate surface area is 228 Å². The van der Waals surface area contributed by atoms with Crippen LogP contribution in [-0.2, 0) is 27.1 Å². The van der Waals surface area contributed by atoms with Crippen molar-refractivity contribution < 1.29 is 33.2 Å². The van der Waals surface area contributed by atoms with Gasteiger partial charge in [-0.2, -0.15) is 4.98 Å². The number of nitrogens with one attached hydrogen (secondary N) is 1. The number of ether oxygens (including phenoxy) is 4. The second-order valence-corrected chi connectivity index (χ2v) is 10.9. The zero-order chi connectivity index (χ0) is 26.7. The number of pyridine rings is 1. The number of aryl methyl sites for hydroxylation is 1. The number of benzene rings is 1. The van der Waals surface area contributed by atoms with E-state index in [-0.39, 0.29) is 43.0 Å². The van der Waals surface area contributed by atoms with Crippen LogP contribution in [0.1, 0.15) is 39.5 Å². The highest BCUT2D eigenvalue weighted by Crippen LogP contribution is 2.39. The number of aliphatic hydroxyl groups excluding tert-OH is 1. The lowest BCUT2D eigenvalue weighted by molar-refractivity contribution is 0.00706. The first-order valence-electron chi connectivity index (χ1n) is 13.3. The number of rotatable bonds is 5. The zero-order valence-corrected chi connectivity index (χ0v) is 21.8. The van der Waals surface area contributed by atoms with Gasteiger partial charge in [0.1, 0.15) is 24.1 Å². The highest BCUT2D eigenvalue weighted by molar-refractivity contribution is 6.31. The Morgan fingerprint density at radius 3 is 2.85 bits per heavy atom. The van der Waals surface area contributed by atoms with Gasteiger partial charge in [-0.25, -0.2) is 9.37 Å². The summed E-state index contributed by atoms with van der Waals surface area (Å²) in [6.45, 7) is 2.52. The maximum Gasteiger partial charge on any atom is 0.296 e. The maximum atomic E-state index is 15.4. The summed E-state index contributed by atoms with van der Waals surface area (Å²) in [5, 5.41) is 10.4. The number of H-pyrrole nitrogens is 1. The number of aromatic amines is 1. The second kappa shape index (κ2) is 9.97. The van der Waals surface area contributed by atoms with Crippen LogP contribution in [0.2, 0.25) is 5.02 Å². The Kier molecular flexibility index (Phi) is 6.43. The van der Waals surface area contributed by atoms with E-state index in [1.165, 1.54) is 6.07 Å². The number of imidazole rings is 1. The van der Waals surface area contributed by atoms with E-state index < -0.39 is 18.3 Å². The summed E-state index contributed by atoms with van der Waals surface area (Å²) in [6, 6.07) is 5.20. The van der Waals surface area contributed by atoms with Crippen molar-refractivity contribution in [1.29, 1.82) is 0 Å². The van der Waals surface area contributed by atoms with Crippen molar-refractivity contribution in [2.24, 2.45) is 0 Å². The van der Waals surface area contributed by atoms with Crippen molar-refractivity contribution in [3.8, 4) is 6.01 Å². The summed E-state index contributed by atoms with van der Waals surface area (Å²) in [7, 11) is 0. The van der Waals surface area contributed by atoms with E-state index in [9.17, 15) is 9.90 Å². The topological polar surface area (TPSA) is 119 Å². The first kappa shape index (κ1) is 25.2. The van der Waals surface area contributed by atoms with Gasteiger partial charge in [-0.1, -0.05) is 11.6 Å². The second-order valence-electron chi connectivity index (χ2n) is 10.5. The van der Waals surface area contributed by atoms with Gasteiger partial charge in [0.15, 0.2) is 11.8 Å². The molecule has 0 saturated carbocycles. The summed E-state index contributed by atoms with van der Waals surface area (Å²) >= 11 is 6.60. The maximum absolute atomic E-state index is 15.4. The minimum Gasteiger partial charge on any atom is -0.456 e. The third-order valence-electron chi connectivity index (χ3n) is 8.09. The number of aliphatic hydroxyl groups is 1. The summed E-state index contributed by atoms with van der Waals surface area (Å²) in [5.41, 5.74) is 3.56. The molecule has 206 valence electrons. The minimum absolute atomic E-state index is 0.108. The predicted molar refractivity (Wildman–Crippen MR) is 137 cm³/mol. The first-order chi connectivity index (χ1) is 18.9. The van der Waals surface area contributed by atoms with Gasteiger partial charge in [0.05, 0.1) is 42.7 Å². The molecule has 10 nitrogen and oxygen atoms in total. The lowest BCUT2D eigenvalue weighted by Crippen LogP contribution is -2.40. The molecule has 3 fully saturated rings. The first-order valence-corrected chi connectivity index (χ1v) is 13.6. The van der Waals surface area contributed by atoms with Crippen molar-refractivity contribution >= 4 is 28.7 Å². The fourth-order valence-corrected chi connectivity index (χ4v) is 6.37. The highest BCUT2D eigenvalue weighted by atomic mass is 35.5. The molecule has 39 heavy (non-hydrogen) atoms. The van der Waals surface area contributed by atoms with E-state index in [0.717, 1.165) is 12.0 Å². The van der Waals surface area contributed by atoms with Gasteiger partial charge in [0, 0.05) is 18.7 Å². The van der Waals surface area contributed by atoms with Gasteiger partial charge in [0.2, 0.25) is 0 Å². The molecular weight excluding hydrogens is 531 g/mol. The van der Waals surface area contributed by atoms with Crippen molar-refractivity contribution in [2.75, 3.05) is 39.5 Å². The van der Waals surface area contributed by atoms with Crippen LogP contribution in [0, 0.1) is 5.82 Å². The molecular formula is C27H28ClFN4O6. The SMILES string of the molecule is O=C(c1cc(F)c2c(c1)CCC2Cc1nc2nc(O[C@@H]3CO[C@H]4[C@@H]3OC[C@H]4O)[nH]c2cc1Cl)N1CCOCC1. The van der Waals surface area contributed by atoms with E-state index in [1.807, 2.05) is 6.07 Å². The van der Waals surface area contributed by atoms with E-state index >= 15 is 4.39 Å². The highest BCUT2D eigenvalue weighted by Gasteiger charge is 2.48. The molecule has 1 unspecified atom stereocenters.